The predicted molar refractivity (Wildman–Crippen MR) is 92.2 cm³/mol. The summed E-state index contributed by atoms with van der Waals surface area (Å²) in [6.07, 6.45) is 2.47. The van der Waals surface area contributed by atoms with Crippen LogP contribution < -0.4 is 0 Å². The van der Waals surface area contributed by atoms with Gasteiger partial charge in [0.15, 0.2) is 0 Å². The largest absolute Gasteiger partial charge is 0.480 e. The Kier molecular flexibility index (Phi) is 4.38. The van der Waals surface area contributed by atoms with E-state index in [1.54, 1.807) is 0 Å². The Balaban J connectivity index is 1.67. The number of aliphatic carboxylic acids is 1. The van der Waals surface area contributed by atoms with Crippen LogP contribution in [0.5, 0.6) is 0 Å². The maximum atomic E-state index is 12.8. The Bertz CT molecular complexity index is 642. The molecule has 1 spiro atoms. The number of hydrogen-bond acceptors (Lipinski definition) is 3. The minimum Gasteiger partial charge on any atom is -0.480 e. The van der Waals surface area contributed by atoms with Gasteiger partial charge in [-0.05, 0) is 57.7 Å². The van der Waals surface area contributed by atoms with E-state index < -0.39 is 5.97 Å². The Morgan fingerprint density at radius 3 is 2.21 bits per heavy atom. The Hall–Kier alpha value is -1.88. The number of aryl methyl sites for hydroxylation is 2. The molecule has 2 saturated heterocycles. The van der Waals surface area contributed by atoms with E-state index in [1.165, 1.54) is 0 Å². The van der Waals surface area contributed by atoms with Gasteiger partial charge in [0.2, 0.25) is 0 Å². The molecular weight excluding hydrogens is 304 g/mol. The van der Waals surface area contributed by atoms with E-state index in [-0.39, 0.29) is 17.4 Å². The second-order valence-electron chi connectivity index (χ2n) is 7.64. The first-order chi connectivity index (χ1) is 11.3. The van der Waals surface area contributed by atoms with E-state index in [0.717, 1.165) is 36.1 Å². The fourth-order valence-electron chi connectivity index (χ4n) is 4.37. The smallest absolute Gasteiger partial charge is 0.320 e. The molecule has 2 fully saturated rings. The third-order valence-corrected chi connectivity index (χ3v) is 5.61. The molecule has 0 unspecified atom stereocenters. The highest BCUT2D eigenvalue weighted by Gasteiger charge is 2.47. The van der Waals surface area contributed by atoms with Crippen molar-refractivity contribution < 1.29 is 14.7 Å². The summed E-state index contributed by atoms with van der Waals surface area (Å²) in [6, 6.07) is 5.58. The zero-order valence-electron chi connectivity index (χ0n) is 14.7. The number of likely N-dealkylation sites (tertiary alicyclic amines) is 2. The van der Waals surface area contributed by atoms with Crippen molar-refractivity contribution in [3.05, 3.63) is 34.9 Å². The number of likely N-dealkylation sites (N-methyl/N-ethyl adjacent to an activating group) is 1. The van der Waals surface area contributed by atoms with Gasteiger partial charge in [-0.25, -0.2) is 0 Å². The normalized spacial score (nSPS) is 23.6. The average Bonchev–Trinajstić information content (AvgIpc) is 2.83. The van der Waals surface area contributed by atoms with Crippen molar-refractivity contribution in [3.63, 3.8) is 0 Å². The topological polar surface area (TPSA) is 60.9 Å². The fraction of sp³-hybridized carbons (Fsp3) is 0.579. The van der Waals surface area contributed by atoms with Crippen molar-refractivity contribution in [1.29, 1.82) is 0 Å². The second kappa shape index (κ2) is 6.20. The summed E-state index contributed by atoms with van der Waals surface area (Å²) < 4.78 is 0. The van der Waals surface area contributed by atoms with Gasteiger partial charge < -0.3 is 10.0 Å². The van der Waals surface area contributed by atoms with E-state index in [9.17, 15) is 14.7 Å². The van der Waals surface area contributed by atoms with Crippen LogP contribution >= 0.6 is 0 Å². The molecule has 0 saturated carbocycles. The van der Waals surface area contributed by atoms with Crippen molar-refractivity contribution in [3.8, 4) is 0 Å². The number of piperidine rings is 1. The van der Waals surface area contributed by atoms with Crippen molar-refractivity contribution in [2.45, 2.75) is 39.2 Å². The lowest BCUT2D eigenvalue weighted by atomic mass is 9.76. The number of benzene rings is 1. The van der Waals surface area contributed by atoms with Crippen LogP contribution in [0.3, 0.4) is 0 Å². The number of carboxylic acids is 1. The highest BCUT2D eigenvalue weighted by atomic mass is 16.4. The van der Waals surface area contributed by atoms with E-state index in [0.29, 0.717) is 19.5 Å². The maximum Gasteiger partial charge on any atom is 0.320 e. The van der Waals surface area contributed by atoms with E-state index in [2.05, 4.69) is 6.07 Å². The van der Waals surface area contributed by atoms with Crippen LogP contribution in [-0.2, 0) is 4.79 Å². The van der Waals surface area contributed by atoms with Crippen LogP contribution in [-0.4, -0.2) is 59.5 Å². The standard InChI is InChI=1S/C19H26N2O3/c1-13-8-14(2)10-15(9-13)17(22)21-6-4-19(5-7-21)11-16(18(23)24)20(3)12-19/h8-10,16H,4-7,11-12H2,1-3H3,(H,23,24)/t16-/m0/s1. The number of carbonyl (C=O) groups is 2. The molecule has 3 rings (SSSR count). The van der Waals surface area contributed by atoms with Crippen LogP contribution in [0, 0.1) is 19.3 Å². The van der Waals surface area contributed by atoms with Gasteiger partial charge in [-0.3, -0.25) is 14.5 Å². The van der Waals surface area contributed by atoms with E-state index in [4.69, 9.17) is 0 Å². The molecule has 2 heterocycles. The number of nitrogens with zero attached hydrogens (tertiary/aromatic N) is 2. The molecule has 1 aromatic carbocycles. The van der Waals surface area contributed by atoms with Gasteiger partial charge >= 0.3 is 5.97 Å². The lowest BCUT2D eigenvalue weighted by Crippen LogP contribution is -2.44. The van der Waals surface area contributed by atoms with Gasteiger partial charge in [-0.2, -0.15) is 0 Å². The molecule has 2 aliphatic heterocycles. The molecule has 130 valence electrons. The number of hydrogen-bond donors (Lipinski definition) is 1. The lowest BCUT2D eigenvalue weighted by Gasteiger charge is -2.39. The molecule has 0 aromatic heterocycles. The third-order valence-electron chi connectivity index (χ3n) is 5.61. The summed E-state index contributed by atoms with van der Waals surface area (Å²) in [7, 11) is 1.89. The molecule has 5 nitrogen and oxygen atoms in total. The highest BCUT2D eigenvalue weighted by Crippen LogP contribution is 2.43. The summed E-state index contributed by atoms with van der Waals surface area (Å²) in [6.45, 7) is 6.26. The fourth-order valence-corrected chi connectivity index (χ4v) is 4.37. The lowest BCUT2D eigenvalue weighted by molar-refractivity contribution is -0.141. The average molecular weight is 330 g/mol. The summed E-state index contributed by atoms with van der Waals surface area (Å²) in [4.78, 5) is 28.0. The molecule has 0 aliphatic carbocycles. The number of carboxylic acid groups (broad SMARTS) is 1. The zero-order valence-corrected chi connectivity index (χ0v) is 14.7. The third kappa shape index (κ3) is 3.18. The van der Waals surface area contributed by atoms with E-state index in [1.807, 2.05) is 42.8 Å². The first kappa shape index (κ1) is 17.0. The molecule has 1 N–H and O–H groups in total. The molecule has 1 atom stereocenters. The predicted octanol–water partition coefficient (Wildman–Crippen LogP) is 2.31. The number of rotatable bonds is 2. The van der Waals surface area contributed by atoms with Crippen molar-refractivity contribution in [2.75, 3.05) is 26.7 Å². The zero-order chi connectivity index (χ0) is 17.5. The van der Waals surface area contributed by atoms with Crippen LogP contribution in [0.2, 0.25) is 0 Å². The SMILES string of the molecule is Cc1cc(C)cc(C(=O)N2CCC3(CC2)C[C@@H](C(=O)O)N(C)C3)c1. The van der Waals surface area contributed by atoms with E-state index >= 15 is 0 Å². The molecule has 0 bridgehead atoms. The molecule has 24 heavy (non-hydrogen) atoms. The summed E-state index contributed by atoms with van der Waals surface area (Å²) >= 11 is 0. The van der Waals surface area contributed by atoms with Crippen molar-refractivity contribution in [1.82, 2.24) is 9.80 Å². The van der Waals surface area contributed by atoms with Gasteiger partial charge in [0.25, 0.3) is 5.91 Å². The highest BCUT2D eigenvalue weighted by molar-refractivity contribution is 5.94. The van der Waals surface area contributed by atoms with Gasteiger partial charge in [0.1, 0.15) is 6.04 Å². The Morgan fingerprint density at radius 1 is 1.12 bits per heavy atom. The quantitative estimate of drug-likeness (QED) is 0.904. The summed E-state index contributed by atoms with van der Waals surface area (Å²) in [5, 5.41) is 9.33. The molecule has 1 aromatic rings. The molecular formula is C19H26N2O3. The van der Waals surface area contributed by atoms with Crippen LogP contribution in [0.25, 0.3) is 0 Å². The van der Waals surface area contributed by atoms with Gasteiger partial charge in [0.05, 0.1) is 0 Å². The van der Waals surface area contributed by atoms with Crippen LogP contribution in [0.4, 0.5) is 0 Å². The Labute approximate surface area is 143 Å². The first-order valence-electron chi connectivity index (χ1n) is 8.60. The van der Waals surface area contributed by atoms with Gasteiger partial charge in [0, 0.05) is 25.2 Å². The Morgan fingerprint density at radius 2 is 1.71 bits per heavy atom. The minimum atomic E-state index is -0.733. The van der Waals surface area contributed by atoms with Crippen LogP contribution in [0.1, 0.15) is 40.7 Å². The number of carbonyl (C=O) groups excluding carboxylic acids is 1. The van der Waals surface area contributed by atoms with Gasteiger partial charge in [-0.1, -0.05) is 17.2 Å². The minimum absolute atomic E-state index is 0.0527. The molecule has 1 amide bonds. The molecule has 2 aliphatic rings. The summed E-state index contributed by atoms with van der Waals surface area (Å²) in [5.41, 5.74) is 3.02. The molecule has 5 heteroatoms. The van der Waals surface area contributed by atoms with Crippen LogP contribution in [0.15, 0.2) is 18.2 Å². The number of amides is 1. The monoisotopic (exact) mass is 330 g/mol. The van der Waals surface area contributed by atoms with Gasteiger partial charge in [-0.15, -0.1) is 0 Å². The van der Waals surface area contributed by atoms with Crippen molar-refractivity contribution >= 4 is 11.9 Å². The molecule has 0 radical (unpaired) electrons. The van der Waals surface area contributed by atoms with Crippen molar-refractivity contribution in [2.24, 2.45) is 5.41 Å². The second-order valence-corrected chi connectivity index (χ2v) is 7.64. The first-order valence-corrected chi connectivity index (χ1v) is 8.60. The summed E-state index contributed by atoms with van der Waals surface area (Å²) in [5.74, 6) is -0.638. The maximum absolute atomic E-state index is 12.8.